The van der Waals surface area contributed by atoms with Gasteiger partial charge in [-0.2, -0.15) is 5.26 Å². The molecule has 0 aliphatic heterocycles. The second-order valence-electron chi connectivity index (χ2n) is 3.75. The van der Waals surface area contributed by atoms with Crippen LogP contribution in [-0.4, -0.2) is 12.1 Å². The molecule has 2 rings (SSSR count). The molecule has 0 atom stereocenters. The number of hydrogen-bond acceptors (Lipinski definition) is 4. The summed E-state index contributed by atoms with van der Waals surface area (Å²) in [6.07, 6.45) is 1.68. The first-order chi connectivity index (χ1) is 9.22. The summed E-state index contributed by atoms with van der Waals surface area (Å²) in [6, 6.07) is 11.2. The number of aromatic nitrogens is 1. The lowest BCUT2D eigenvalue weighted by Gasteiger charge is -2.08. The van der Waals surface area contributed by atoms with E-state index < -0.39 is 0 Å². The number of rotatable bonds is 4. The van der Waals surface area contributed by atoms with E-state index in [1.165, 1.54) is 0 Å². The summed E-state index contributed by atoms with van der Waals surface area (Å²) < 4.78 is 11.6. The molecular weight excluding hydrogens is 355 g/mol. The summed E-state index contributed by atoms with van der Waals surface area (Å²) in [7, 11) is 1.55. The topological polar surface area (TPSA) is 55.1 Å². The summed E-state index contributed by atoms with van der Waals surface area (Å²) in [5.74, 6) is 1.27. The van der Waals surface area contributed by atoms with Crippen LogP contribution in [-0.2, 0) is 6.61 Å². The zero-order valence-electron chi connectivity index (χ0n) is 10.3. The number of hydrogen-bond donors (Lipinski definition) is 0. The van der Waals surface area contributed by atoms with Crippen molar-refractivity contribution in [1.82, 2.24) is 4.98 Å². The van der Waals surface area contributed by atoms with E-state index in [9.17, 15) is 0 Å². The molecule has 0 bridgehead atoms. The summed E-state index contributed by atoms with van der Waals surface area (Å²) in [6.45, 7) is 0.390. The number of nitrogens with zero attached hydrogens (tertiary/aromatic N) is 2. The highest BCUT2D eigenvalue weighted by Crippen LogP contribution is 2.20. The first kappa shape index (κ1) is 13.6. The molecule has 0 spiro atoms. The van der Waals surface area contributed by atoms with Gasteiger partial charge in [-0.15, -0.1) is 0 Å². The fourth-order valence-corrected chi connectivity index (χ4v) is 1.87. The number of ether oxygens (including phenoxy) is 2. The Morgan fingerprint density at radius 3 is 2.79 bits per heavy atom. The molecule has 0 aliphatic rings. The molecule has 0 N–H and O–H groups in total. The zero-order valence-corrected chi connectivity index (χ0v) is 12.4. The van der Waals surface area contributed by atoms with E-state index in [1.54, 1.807) is 25.4 Å². The Hall–Kier alpha value is -1.81. The van der Waals surface area contributed by atoms with E-state index in [0.717, 1.165) is 9.26 Å². The minimum absolute atomic E-state index is 0.390. The maximum Gasteiger partial charge on any atom is 0.138 e. The molecule has 1 heterocycles. The number of benzene rings is 1. The molecule has 0 saturated carbocycles. The minimum atomic E-state index is 0.390. The van der Waals surface area contributed by atoms with Crippen molar-refractivity contribution < 1.29 is 9.47 Å². The smallest absolute Gasteiger partial charge is 0.138 e. The lowest BCUT2D eigenvalue weighted by molar-refractivity contribution is 0.304. The van der Waals surface area contributed by atoms with E-state index in [4.69, 9.17) is 14.7 Å². The van der Waals surface area contributed by atoms with Gasteiger partial charge in [0.05, 0.1) is 18.9 Å². The van der Waals surface area contributed by atoms with Crippen molar-refractivity contribution >= 4 is 22.6 Å². The predicted octanol–water partition coefficient (Wildman–Crippen LogP) is 3.15. The van der Waals surface area contributed by atoms with Crippen LogP contribution in [0, 0.1) is 15.0 Å². The van der Waals surface area contributed by atoms with Gasteiger partial charge in [-0.1, -0.05) is 6.07 Å². The highest BCUT2D eigenvalue weighted by molar-refractivity contribution is 14.1. The molecular formula is C14H11IN2O2. The lowest BCUT2D eigenvalue weighted by Crippen LogP contribution is -1.97. The maximum absolute atomic E-state index is 9.01. The van der Waals surface area contributed by atoms with Gasteiger partial charge >= 0.3 is 0 Å². The van der Waals surface area contributed by atoms with E-state index in [-0.39, 0.29) is 0 Å². The van der Waals surface area contributed by atoms with Crippen molar-refractivity contribution in [3.05, 3.63) is 51.4 Å². The van der Waals surface area contributed by atoms with Crippen LogP contribution in [0.4, 0.5) is 0 Å². The highest BCUT2D eigenvalue weighted by Gasteiger charge is 2.04. The first-order valence-corrected chi connectivity index (χ1v) is 6.62. The van der Waals surface area contributed by atoms with Crippen molar-refractivity contribution in [1.29, 1.82) is 5.26 Å². The third kappa shape index (κ3) is 3.58. The summed E-state index contributed by atoms with van der Waals surface area (Å²) in [5, 5.41) is 9.01. The monoisotopic (exact) mass is 366 g/mol. The van der Waals surface area contributed by atoms with Gasteiger partial charge in [-0.05, 0) is 52.4 Å². The van der Waals surface area contributed by atoms with Crippen molar-refractivity contribution in [3.8, 4) is 17.6 Å². The Labute approximate surface area is 125 Å². The van der Waals surface area contributed by atoms with Crippen LogP contribution in [0.15, 0.2) is 36.5 Å². The van der Waals surface area contributed by atoms with Crippen LogP contribution in [0.25, 0.3) is 0 Å². The molecule has 1 aromatic carbocycles. The van der Waals surface area contributed by atoms with Crippen molar-refractivity contribution in [2.24, 2.45) is 0 Å². The van der Waals surface area contributed by atoms with Gasteiger partial charge in [-0.25, -0.2) is 4.98 Å². The summed E-state index contributed by atoms with van der Waals surface area (Å²) in [4.78, 5) is 4.14. The molecule has 0 amide bonds. The Morgan fingerprint density at radius 1 is 1.32 bits per heavy atom. The van der Waals surface area contributed by atoms with E-state index in [1.807, 2.05) is 18.2 Å². The normalized spacial score (nSPS) is 9.74. The SMILES string of the molecule is COc1ccc(COc2ccc(I)nc2)cc1C#N. The largest absolute Gasteiger partial charge is 0.495 e. The molecule has 4 nitrogen and oxygen atoms in total. The fraction of sp³-hybridized carbons (Fsp3) is 0.143. The van der Waals surface area contributed by atoms with Crippen LogP contribution >= 0.6 is 22.6 Å². The average Bonchev–Trinajstić information content (AvgIpc) is 2.46. The van der Waals surface area contributed by atoms with Crippen molar-refractivity contribution in [3.63, 3.8) is 0 Å². The van der Waals surface area contributed by atoms with Gasteiger partial charge in [-0.3, -0.25) is 0 Å². The molecule has 0 fully saturated rings. The molecule has 0 radical (unpaired) electrons. The first-order valence-electron chi connectivity index (χ1n) is 5.54. The second kappa shape index (κ2) is 6.38. The third-order valence-electron chi connectivity index (χ3n) is 2.49. The molecule has 19 heavy (non-hydrogen) atoms. The summed E-state index contributed by atoms with van der Waals surface area (Å²) in [5.41, 5.74) is 1.42. The molecule has 0 aliphatic carbocycles. The average molecular weight is 366 g/mol. The van der Waals surface area contributed by atoms with E-state index in [2.05, 4.69) is 33.6 Å². The van der Waals surface area contributed by atoms with E-state index in [0.29, 0.717) is 23.7 Å². The van der Waals surface area contributed by atoms with Crippen LogP contribution in [0.5, 0.6) is 11.5 Å². The lowest BCUT2D eigenvalue weighted by atomic mass is 10.1. The Bertz CT molecular complexity index is 606. The summed E-state index contributed by atoms with van der Waals surface area (Å²) >= 11 is 2.14. The van der Waals surface area contributed by atoms with Gasteiger partial charge < -0.3 is 9.47 Å². The number of methoxy groups -OCH3 is 1. The predicted molar refractivity (Wildman–Crippen MR) is 79.0 cm³/mol. The molecule has 1 aromatic heterocycles. The molecule has 2 aromatic rings. The number of nitriles is 1. The molecule has 96 valence electrons. The van der Waals surface area contributed by atoms with Gasteiger partial charge in [0, 0.05) is 0 Å². The quantitative estimate of drug-likeness (QED) is 0.616. The molecule has 0 unspecified atom stereocenters. The van der Waals surface area contributed by atoms with Gasteiger partial charge in [0.2, 0.25) is 0 Å². The minimum Gasteiger partial charge on any atom is -0.495 e. The number of halogens is 1. The third-order valence-corrected chi connectivity index (χ3v) is 3.13. The van der Waals surface area contributed by atoms with Gasteiger partial charge in [0.25, 0.3) is 0 Å². The van der Waals surface area contributed by atoms with Gasteiger partial charge in [0.15, 0.2) is 0 Å². The van der Waals surface area contributed by atoms with Crippen molar-refractivity contribution in [2.75, 3.05) is 7.11 Å². The maximum atomic E-state index is 9.01. The fourth-order valence-electron chi connectivity index (χ4n) is 1.55. The molecule has 0 saturated heterocycles. The number of pyridine rings is 1. The van der Waals surface area contributed by atoms with Crippen LogP contribution in [0.1, 0.15) is 11.1 Å². The Kier molecular flexibility index (Phi) is 4.58. The zero-order chi connectivity index (χ0) is 13.7. The Balaban J connectivity index is 2.08. The van der Waals surface area contributed by atoms with E-state index >= 15 is 0 Å². The van der Waals surface area contributed by atoms with Crippen LogP contribution in [0.3, 0.4) is 0 Å². The van der Waals surface area contributed by atoms with Gasteiger partial charge in [0.1, 0.15) is 27.9 Å². The Morgan fingerprint density at radius 2 is 2.16 bits per heavy atom. The highest BCUT2D eigenvalue weighted by atomic mass is 127. The van der Waals surface area contributed by atoms with Crippen molar-refractivity contribution in [2.45, 2.75) is 6.61 Å². The molecule has 5 heteroatoms. The second-order valence-corrected chi connectivity index (χ2v) is 4.86. The standard InChI is InChI=1S/C14H11IN2O2/c1-18-13-4-2-10(6-11(13)7-16)9-19-12-3-5-14(15)17-8-12/h2-6,8H,9H2,1H3. The van der Waals surface area contributed by atoms with Crippen LogP contribution < -0.4 is 9.47 Å². The van der Waals surface area contributed by atoms with Crippen LogP contribution in [0.2, 0.25) is 0 Å².